The van der Waals surface area contributed by atoms with E-state index in [9.17, 15) is 26.3 Å². The van der Waals surface area contributed by atoms with Gasteiger partial charge in [-0.2, -0.15) is 26.3 Å². The molecule has 0 saturated carbocycles. The lowest BCUT2D eigenvalue weighted by Crippen LogP contribution is -2.20. The van der Waals surface area contributed by atoms with Gasteiger partial charge in [-0.15, -0.1) is 0 Å². The maximum Gasteiger partial charge on any atom is 0.416 e. The zero-order chi connectivity index (χ0) is 15.6. The number of alkyl halides is 6. The quantitative estimate of drug-likeness (QED) is 0.837. The third-order valence-electron chi connectivity index (χ3n) is 2.80. The van der Waals surface area contributed by atoms with E-state index in [0.29, 0.717) is 12.5 Å². The van der Waals surface area contributed by atoms with Crippen molar-refractivity contribution in [3.05, 3.63) is 34.9 Å². The first-order valence-corrected chi connectivity index (χ1v) is 5.81. The van der Waals surface area contributed by atoms with Crippen molar-refractivity contribution < 1.29 is 26.3 Å². The Bertz CT molecular complexity index is 452. The Hall–Kier alpha value is -1.28. The minimum absolute atomic E-state index is 0.0949. The molecule has 0 fully saturated rings. The van der Waals surface area contributed by atoms with Crippen LogP contribution in [0, 0.1) is 0 Å². The molecule has 20 heavy (non-hydrogen) atoms. The lowest BCUT2D eigenvalue weighted by atomic mass is 9.95. The van der Waals surface area contributed by atoms with Crippen molar-refractivity contribution in [1.29, 1.82) is 0 Å². The SMILES string of the molecule is NCCC[C@@H](N)c1ccc(C(F)(F)F)cc1C(F)(F)F. The van der Waals surface area contributed by atoms with Crippen molar-refractivity contribution in [1.82, 2.24) is 0 Å². The van der Waals surface area contributed by atoms with E-state index >= 15 is 0 Å². The van der Waals surface area contributed by atoms with Crippen LogP contribution in [-0.4, -0.2) is 6.54 Å². The summed E-state index contributed by atoms with van der Waals surface area (Å²) in [6.07, 6.45) is -9.17. The molecule has 0 aliphatic rings. The molecule has 0 aliphatic heterocycles. The van der Waals surface area contributed by atoms with Gasteiger partial charge in [0.2, 0.25) is 0 Å². The molecule has 1 aromatic carbocycles. The minimum Gasteiger partial charge on any atom is -0.330 e. The van der Waals surface area contributed by atoms with Crippen molar-refractivity contribution in [2.24, 2.45) is 11.5 Å². The number of halogens is 6. The maximum atomic E-state index is 12.9. The Labute approximate surface area is 111 Å². The lowest BCUT2D eigenvalue weighted by molar-refractivity contribution is -0.143. The molecule has 114 valence electrons. The van der Waals surface area contributed by atoms with Crippen LogP contribution in [0.2, 0.25) is 0 Å². The van der Waals surface area contributed by atoms with E-state index in [4.69, 9.17) is 11.5 Å². The van der Waals surface area contributed by atoms with Crippen molar-refractivity contribution in [3.8, 4) is 0 Å². The van der Waals surface area contributed by atoms with Crippen LogP contribution in [0.15, 0.2) is 18.2 Å². The first-order chi connectivity index (χ1) is 9.07. The van der Waals surface area contributed by atoms with Crippen LogP contribution >= 0.6 is 0 Å². The second kappa shape index (κ2) is 6.01. The highest BCUT2D eigenvalue weighted by Gasteiger charge is 2.38. The molecule has 0 bridgehead atoms. The van der Waals surface area contributed by atoms with E-state index < -0.39 is 29.5 Å². The second-order valence-corrected chi connectivity index (χ2v) is 4.33. The fourth-order valence-corrected chi connectivity index (χ4v) is 1.79. The molecule has 0 unspecified atom stereocenters. The van der Waals surface area contributed by atoms with Crippen LogP contribution in [0.4, 0.5) is 26.3 Å². The van der Waals surface area contributed by atoms with Crippen LogP contribution in [-0.2, 0) is 12.4 Å². The Balaban J connectivity index is 3.24. The van der Waals surface area contributed by atoms with Gasteiger partial charge in [0.1, 0.15) is 0 Å². The van der Waals surface area contributed by atoms with Crippen molar-refractivity contribution in [2.45, 2.75) is 31.2 Å². The van der Waals surface area contributed by atoms with Crippen LogP contribution in [0.1, 0.15) is 35.6 Å². The van der Waals surface area contributed by atoms with Gasteiger partial charge in [-0.25, -0.2) is 0 Å². The fourth-order valence-electron chi connectivity index (χ4n) is 1.79. The third-order valence-corrected chi connectivity index (χ3v) is 2.80. The Morgan fingerprint density at radius 3 is 2.05 bits per heavy atom. The molecule has 0 heterocycles. The van der Waals surface area contributed by atoms with Crippen molar-refractivity contribution >= 4 is 0 Å². The van der Waals surface area contributed by atoms with Crippen LogP contribution in [0.3, 0.4) is 0 Å². The second-order valence-electron chi connectivity index (χ2n) is 4.33. The molecule has 8 heteroatoms. The average Bonchev–Trinajstić information content (AvgIpc) is 2.33. The molecule has 4 N–H and O–H groups in total. The molecule has 0 aliphatic carbocycles. The largest absolute Gasteiger partial charge is 0.416 e. The highest BCUT2D eigenvalue weighted by Crippen LogP contribution is 2.39. The smallest absolute Gasteiger partial charge is 0.330 e. The molecule has 1 aromatic rings. The molecule has 0 spiro atoms. The number of hydrogen-bond acceptors (Lipinski definition) is 2. The summed E-state index contributed by atoms with van der Waals surface area (Å²) in [4.78, 5) is 0. The molecular weight excluding hydrogens is 286 g/mol. The summed E-state index contributed by atoms with van der Waals surface area (Å²) in [5, 5.41) is 0. The Morgan fingerprint density at radius 2 is 1.60 bits per heavy atom. The highest BCUT2D eigenvalue weighted by atomic mass is 19.4. The van der Waals surface area contributed by atoms with Gasteiger partial charge in [0, 0.05) is 6.04 Å². The van der Waals surface area contributed by atoms with Gasteiger partial charge in [-0.05, 0) is 37.1 Å². The van der Waals surface area contributed by atoms with E-state index in [2.05, 4.69) is 0 Å². The lowest BCUT2D eigenvalue weighted by Gasteiger charge is -2.20. The van der Waals surface area contributed by atoms with E-state index in [1.807, 2.05) is 0 Å². The number of benzene rings is 1. The zero-order valence-corrected chi connectivity index (χ0v) is 10.4. The normalized spacial score (nSPS) is 14.4. The predicted molar refractivity (Wildman–Crippen MR) is 61.7 cm³/mol. The van der Waals surface area contributed by atoms with Gasteiger partial charge < -0.3 is 11.5 Å². The first-order valence-electron chi connectivity index (χ1n) is 5.81. The summed E-state index contributed by atoms with van der Waals surface area (Å²) < 4.78 is 76.0. The summed E-state index contributed by atoms with van der Waals surface area (Å²) in [7, 11) is 0. The molecule has 0 aromatic heterocycles. The molecule has 1 atom stereocenters. The van der Waals surface area contributed by atoms with Crippen LogP contribution < -0.4 is 11.5 Å². The highest BCUT2D eigenvalue weighted by molar-refractivity contribution is 5.37. The number of nitrogens with two attached hydrogens (primary N) is 2. The summed E-state index contributed by atoms with van der Waals surface area (Å²) in [6.45, 7) is 0.246. The molecule has 2 nitrogen and oxygen atoms in total. The topological polar surface area (TPSA) is 52.0 Å². The first kappa shape index (κ1) is 16.8. The van der Waals surface area contributed by atoms with E-state index in [0.717, 1.165) is 6.07 Å². The molecule has 0 amide bonds. The molecule has 1 rings (SSSR count). The molecule has 0 radical (unpaired) electrons. The maximum absolute atomic E-state index is 12.9. The van der Waals surface area contributed by atoms with E-state index in [1.165, 1.54) is 0 Å². The zero-order valence-electron chi connectivity index (χ0n) is 10.4. The standard InChI is InChI=1S/C12H14F6N2/c13-11(14,15)7-3-4-8(10(20)2-1-5-19)9(6-7)12(16,17)18/h3-4,6,10H,1-2,5,19-20H2/t10-/m1/s1. The molecule has 0 saturated heterocycles. The van der Waals surface area contributed by atoms with Crippen molar-refractivity contribution in [2.75, 3.05) is 6.54 Å². The van der Waals surface area contributed by atoms with Gasteiger partial charge >= 0.3 is 12.4 Å². The summed E-state index contributed by atoms with van der Waals surface area (Å²) in [5.41, 5.74) is 7.79. The minimum atomic E-state index is -4.89. The van der Waals surface area contributed by atoms with Gasteiger partial charge in [-0.3, -0.25) is 0 Å². The van der Waals surface area contributed by atoms with Gasteiger partial charge in [-0.1, -0.05) is 6.07 Å². The van der Waals surface area contributed by atoms with E-state index in [-0.39, 0.29) is 24.6 Å². The fraction of sp³-hybridized carbons (Fsp3) is 0.500. The summed E-state index contributed by atoms with van der Waals surface area (Å²) in [5.74, 6) is 0. The summed E-state index contributed by atoms with van der Waals surface area (Å²) in [6, 6.07) is 0.481. The van der Waals surface area contributed by atoms with Crippen molar-refractivity contribution in [3.63, 3.8) is 0 Å². The number of hydrogen-bond donors (Lipinski definition) is 2. The Kier molecular flexibility index (Phi) is 5.04. The number of rotatable bonds is 4. The van der Waals surface area contributed by atoms with Crippen LogP contribution in [0.25, 0.3) is 0 Å². The van der Waals surface area contributed by atoms with Gasteiger partial charge in [0.15, 0.2) is 0 Å². The van der Waals surface area contributed by atoms with E-state index in [1.54, 1.807) is 0 Å². The predicted octanol–water partition coefficient (Wildman–Crippen LogP) is 3.46. The van der Waals surface area contributed by atoms with Crippen LogP contribution in [0.5, 0.6) is 0 Å². The third kappa shape index (κ3) is 4.11. The average molecular weight is 300 g/mol. The molecular formula is C12H14F6N2. The summed E-state index contributed by atoms with van der Waals surface area (Å²) >= 11 is 0. The van der Waals surface area contributed by atoms with Gasteiger partial charge in [0.05, 0.1) is 11.1 Å². The Morgan fingerprint density at radius 1 is 1.00 bits per heavy atom. The van der Waals surface area contributed by atoms with Gasteiger partial charge in [0.25, 0.3) is 0 Å². The monoisotopic (exact) mass is 300 g/mol.